The molecule has 7 rings (SSSR count). The molecule has 270 valence electrons. The van der Waals surface area contributed by atoms with Crippen LogP contribution in [0.2, 0.25) is 0 Å². The van der Waals surface area contributed by atoms with Crippen LogP contribution < -0.4 is 4.74 Å². The van der Waals surface area contributed by atoms with Crippen molar-refractivity contribution in [3.8, 4) is 23.0 Å². The van der Waals surface area contributed by atoms with Crippen LogP contribution in [0.25, 0.3) is 33.3 Å². The number of fused-ring (bicyclic) bond motifs is 3. The molecule has 3 heterocycles. The Morgan fingerprint density at radius 3 is 2.37 bits per heavy atom. The van der Waals surface area contributed by atoms with Crippen molar-refractivity contribution in [3.63, 3.8) is 0 Å². The summed E-state index contributed by atoms with van der Waals surface area (Å²) in [5.41, 5.74) is 11.2. The number of unbranched alkanes of at least 4 members (excludes halogenated alkanes) is 1. The summed E-state index contributed by atoms with van der Waals surface area (Å²) in [5.74, 6) is 5.00. The summed E-state index contributed by atoms with van der Waals surface area (Å²) in [6.07, 6.45) is 10.3. The normalized spacial score (nSPS) is 16.5. The SMILES string of the molecule is CCCCc1ccnc(-n2c3ccccc3c3ccc(Oc4cc(C(C)C)cc(-n5nc(C)c([C@H]6C(C(C)C)=CCCC6C(C)C)c5C)c4)cc32)c1. The molecule has 1 aliphatic rings. The van der Waals surface area contributed by atoms with Crippen LogP contribution in [0.15, 0.2) is 90.6 Å². The van der Waals surface area contributed by atoms with E-state index < -0.39 is 0 Å². The molecule has 5 nitrogen and oxygen atoms in total. The first-order chi connectivity index (χ1) is 25.0. The summed E-state index contributed by atoms with van der Waals surface area (Å²) in [7, 11) is 0. The Morgan fingerprint density at radius 2 is 1.62 bits per heavy atom. The van der Waals surface area contributed by atoms with Gasteiger partial charge in [0, 0.05) is 46.3 Å². The number of allylic oxidation sites excluding steroid dienone is 2. The number of nitrogens with zero attached hydrogens (tertiary/aromatic N) is 4. The second-order valence-electron chi connectivity index (χ2n) is 16.0. The molecule has 5 heteroatoms. The van der Waals surface area contributed by atoms with Crippen LogP contribution >= 0.6 is 0 Å². The van der Waals surface area contributed by atoms with Gasteiger partial charge in [-0.1, -0.05) is 84.7 Å². The van der Waals surface area contributed by atoms with Crippen molar-refractivity contribution >= 4 is 21.8 Å². The van der Waals surface area contributed by atoms with E-state index >= 15 is 0 Å². The van der Waals surface area contributed by atoms with E-state index in [0.29, 0.717) is 29.6 Å². The first-order valence-corrected chi connectivity index (χ1v) is 19.6. The lowest BCUT2D eigenvalue weighted by molar-refractivity contribution is 0.297. The minimum Gasteiger partial charge on any atom is -0.457 e. The molecule has 0 fully saturated rings. The Hall–Kier alpha value is -4.64. The van der Waals surface area contributed by atoms with E-state index in [1.807, 2.05) is 6.20 Å². The number of aryl methyl sites for hydroxylation is 2. The Labute approximate surface area is 310 Å². The smallest absolute Gasteiger partial charge is 0.137 e. The standard InChI is InChI=1S/C47H56N4O/c1-10-11-15-34-22-23-48-45(24-34)50-43-19-13-12-16-41(43)42-21-20-37(28-44(42)50)52-38-26-35(29(2)3)25-36(27-38)51-33(9)46(32(8)49-51)47-39(30(4)5)17-14-18-40(47)31(6)7/h12-13,16-17,19-31,40,47H,10-11,14-15,18H2,1-9H3/t40?,47-/m0/s1. The molecule has 2 atom stereocenters. The first kappa shape index (κ1) is 35.7. The van der Waals surface area contributed by atoms with Crippen LogP contribution in [0.1, 0.15) is 114 Å². The van der Waals surface area contributed by atoms with E-state index in [1.54, 1.807) is 5.57 Å². The van der Waals surface area contributed by atoms with Gasteiger partial charge in [0.05, 0.1) is 22.4 Å². The molecule has 52 heavy (non-hydrogen) atoms. The van der Waals surface area contributed by atoms with E-state index in [2.05, 4.69) is 150 Å². The fraction of sp³-hybridized carbons (Fsp3) is 0.404. The highest BCUT2D eigenvalue weighted by Crippen LogP contribution is 2.47. The lowest BCUT2D eigenvalue weighted by atomic mass is 9.67. The zero-order chi connectivity index (χ0) is 36.7. The molecule has 0 spiro atoms. The van der Waals surface area contributed by atoms with Crippen molar-refractivity contribution in [3.05, 3.63) is 119 Å². The minimum atomic E-state index is 0.328. The van der Waals surface area contributed by atoms with Gasteiger partial charge in [-0.25, -0.2) is 9.67 Å². The molecule has 3 aromatic heterocycles. The largest absolute Gasteiger partial charge is 0.457 e. The second kappa shape index (κ2) is 14.8. The average Bonchev–Trinajstić information content (AvgIpc) is 3.62. The van der Waals surface area contributed by atoms with Crippen LogP contribution in [0, 0.1) is 31.6 Å². The molecule has 0 amide bonds. The fourth-order valence-corrected chi connectivity index (χ4v) is 8.67. The quantitative estimate of drug-likeness (QED) is 0.127. The van der Waals surface area contributed by atoms with Gasteiger partial charge in [0.1, 0.15) is 17.3 Å². The molecule has 1 aliphatic carbocycles. The number of ether oxygens (including phenoxy) is 1. The van der Waals surface area contributed by atoms with Gasteiger partial charge in [0.2, 0.25) is 0 Å². The van der Waals surface area contributed by atoms with Crippen LogP contribution in [-0.2, 0) is 6.42 Å². The highest BCUT2D eigenvalue weighted by molar-refractivity contribution is 6.09. The summed E-state index contributed by atoms with van der Waals surface area (Å²) in [5, 5.41) is 7.65. The van der Waals surface area contributed by atoms with E-state index in [4.69, 9.17) is 14.8 Å². The van der Waals surface area contributed by atoms with Gasteiger partial charge in [-0.2, -0.15) is 5.10 Å². The molecular weight excluding hydrogens is 637 g/mol. The van der Waals surface area contributed by atoms with Crippen LogP contribution in [-0.4, -0.2) is 19.3 Å². The summed E-state index contributed by atoms with van der Waals surface area (Å²) >= 11 is 0. The molecule has 0 radical (unpaired) electrons. The fourth-order valence-electron chi connectivity index (χ4n) is 8.67. The van der Waals surface area contributed by atoms with Crippen molar-refractivity contribution < 1.29 is 4.74 Å². The van der Waals surface area contributed by atoms with Gasteiger partial charge < -0.3 is 4.74 Å². The number of benzene rings is 3. The number of pyridine rings is 1. The molecular formula is C47H56N4O. The topological polar surface area (TPSA) is 44.9 Å². The molecule has 0 saturated carbocycles. The molecule has 3 aromatic carbocycles. The van der Waals surface area contributed by atoms with Crippen molar-refractivity contribution in [1.82, 2.24) is 19.3 Å². The third kappa shape index (κ3) is 6.71. The summed E-state index contributed by atoms with van der Waals surface area (Å²) in [6, 6.07) is 26.1. The third-order valence-electron chi connectivity index (χ3n) is 11.4. The molecule has 0 bridgehead atoms. The van der Waals surface area contributed by atoms with E-state index in [1.165, 1.54) is 58.8 Å². The van der Waals surface area contributed by atoms with Crippen LogP contribution in [0.3, 0.4) is 0 Å². The minimum absolute atomic E-state index is 0.328. The van der Waals surface area contributed by atoms with Gasteiger partial charge in [0.25, 0.3) is 0 Å². The zero-order valence-electron chi connectivity index (χ0n) is 32.7. The van der Waals surface area contributed by atoms with E-state index in [-0.39, 0.29) is 0 Å². The summed E-state index contributed by atoms with van der Waals surface area (Å²) < 4.78 is 11.3. The lowest BCUT2D eigenvalue weighted by Gasteiger charge is -2.37. The number of hydrogen-bond acceptors (Lipinski definition) is 3. The van der Waals surface area contributed by atoms with Crippen LogP contribution in [0.4, 0.5) is 0 Å². The maximum Gasteiger partial charge on any atom is 0.137 e. The highest BCUT2D eigenvalue weighted by Gasteiger charge is 2.36. The third-order valence-corrected chi connectivity index (χ3v) is 11.4. The maximum atomic E-state index is 6.81. The van der Waals surface area contributed by atoms with Crippen molar-refractivity contribution in [2.75, 3.05) is 0 Å². The van der Waals surface area contributed by atoms with Gasteiger partial charge >= 0.3 is 0 Å². The summed E-state index contributed by atoms with van der Waals surface area (Å²) in [6.45, 7) is 20.7. The van der Waals surface area contributed by atoms with Gasteiger partial charge in [0.15, 0.2) is 0 Å². The molecule has 1 unspecified atom stereocenters. The Morgan fingerprint density at radius 1 is 0.827 bits per heavy atom. The Balaban J connectivity index is 1.31. The highest BCUT2D eigenvalue weighted by atomic mass is 16.5. The Bertz CT molecular complexity index is 2250. The van der Waals surface area contributed by atoms with Gasteiger partial charge in [-0.15, -0.1) is 0 Å². The first-order valence-electron chi connectivity index (χ1n) is 19.6. The van der Waals surface area contributed by atoms with Crippen LogP contribution in [0.5, 0.6) is 11.5 Å². The maximum absolute atomic E-state index is 6.81. The molecule has 6 aromatic rings. The lowest BCUT2D eigenvalue weighted by Crippen LogP contribution is -2.26. The van der Waals surface area contributed by atoms with Crippen molar-refractivity contribution in [2.24, 2.45) is 17.8 Å². The van der Waals surface area contributed by atoms with Gasteiger partial charge in [-0.3, -0.25) is 4.57 Å². The zero-order valence-corrected chi connectivity index (χ0v) is 32.7. The molecule has 0 aliphatic heterocycles. The van der Waals surface area contributed by atoms with Crippen molar-refractivity contribution in [2.45, 2.75) is 106 Å². The molecule has 0 saturated heterocycles. The van der Waals surface area contributed by atoms with E-state index in [9.17, 15) is 0 Å². The number of aromatic nitrogens is 4. The second-order valence-corrected chi connectivity index (χ2v) is 16.0. The summed E-state index contributed by atoms with van der Waals surface area (Å²) in [4.78, 5) is 4.87. The van der Waals surface area contributed by atoms with E-state index in [0.717, 1.165) is 46.2 Å². The molecule has 0 N–H and O–H groups in total. The van der Waals surface area contributed by atoms with Crippen molar-refractivity contribution in [1.29, 1.82) is 0 Å². The number of hydrogen-bond donors (Lipinski definition) is 0. The predicted octanol–water partition coefficient (Wildman–Crippen LogP) is 13.0. The monoisotopic (exact) mass is 692 g/mol. The predicted molar refractivity (Wildman–Crippen MR) is 218 cm³/mol. The van der Waals surface area contributed by atoms with Gasteiger partial charge in [-0.05, 0) is 117 Å². The number of para-hydroxylation sites is 1. The number of rotatable bonds is 11. The average molecular weight is 693 g/mol. The Kier molecular flexibility index (Phi) is 10.2.